The third-order valence-electron chi connectivity index (χ3n) is 5.64. The first-order valence-electron chi connectivity index (χ1n) is 10.7. The van der Waals surface area contributed by atoms with Crippen LogP contribution in [0.3, 0.4) is 0 Å². The maximum absolute atomic E-state index is 13.7. The van der Waals surface area contributed by atoms with Gasteiger partial charge in [-0.25, -0.2) is 13.4 Å². The maximum Gasteiger partial charge on any atom is 0.261 e. The van der Waals surface area contributed by atoms with Crippen molar-refractivity contribution in [3.05, 3.63) is 52.5 Å². The number of fused-ring (bicyclic) bond motifs is 1. The lowest BCUT2D eigenvalue weighted by Crippen LogP contribution is -2.39. The lowest BCUT2D eigenvalue weighted by molar-refractivity contribution is 0.0376. The van der Waals surface area contributed by atoms with Crippen LogP contribution in [0.25, 0.3) is 10.2 Å². The summed E-state index contributed by atoms with van der Waals surface area (Å²) in [5.74, 6) is -0.383. The summed E-state index contributed by atoms with van der Waals surface area (Å²) in [5, 5.41) is 1.09. The molecule has 1 saturated heterocycles. The zero-order valence-corrected chi connectivity index (χ0v) is 21.0. The number of sulfone groups is 1. The number of anilines is 1. The van der Waals surface area contributed by atoms with Crippen LogP contribution in [-0.4, -0.2) is 69.9 Å². The zero-order valence-electron chi connectivity index (χ0n) is 18.6. The van der Waals surface area contributed by atoms with Gasteiger partial charge in [0.05, 0.1) is 38.9 Å². The fourth-order valence-corrected chi connectivity index (χ4v) is 6.10. The van der Waals surface area contributed by atoms with Gasteiger partial charge in [-0.1, -0.05) is 41.1 Å². The van der Waals surface area contributed by atoms with Gasteiger partial charge in [0.25, 0.3) is 5.91 Å². The van der Waals surface area contributed by atoms with Gasteiger partial charge >= 0.3 is 0 Å². The predicted molar refractivity (Wildman–Crippen MR) is 132 cm³/mol. The van der Waals surface area contributed by atoms with E-state index in [0.29, 0.717) is 29.9 Å². The molecule has 7 nitrogen and oxygen atoms in total. The van der Waals surface area contributed by atoms with Crippen molar-refractivity contribution in [2.45, 2.75) is 18.2 Å². The van der Waals surface area contributed by atoms with Crippen LogP contribution < -0.4 is 4.90 Å². The molecule has 10 heteroatoms. The molecule has 33 heavy (non-hydrogen) atoms. The number of thiazole rings is 1. The van der Waals surface area contributed by atoms with Crippen LogP contribution in [0.1, 0.15) is 22.3 Å². The molecule has 2 heterocycles. The summed E-state index contributed by atoms with van der Waals surface area (Å²) >= 11 is 7.75. The van der Waals surface area contributed by atoms with Gasteiger partial charge in [-0.05, 0) is 37.1 Å². The Kier molecular flexibility index (Phi) is 7.35. The Morgan fingerprint density at radius 2 is 1.94 bits per heavy atom. The van der Waals surface area contributed by atoms with Gasteiger partial charge in [0.2, 0.25) is 0 Å². The number of morpholine rings is 1. The van der Waals surface area contributed by atoms with Gasteiger partial charge in [-0.3, -0.25) is 14.6 Å². The lowest BCUT2D eigenvalue weighted by atomic mass is 10.2. The molecule has 3 aromatic rings. The highest BCUT2D eigenvalue weighted by Gasteiger charge is 2.27. The number of hydrogen-bond donors (Lipinski definition) is 0. The topological polar surface area (TPSA) is 79.8 Å². The van der Waals surface area contributed by atoms with Crippen LogP contribution in [0.2, 0.25) is 5.02 Å². The molecule has 0 saturated carbocycles. The summed E-state index contributed by atoms with van der Waals surface area (Å²) in [6.07, 6.45) is 1.83. The van der Waals surface area contributed by atoms with Gasteiger partial charge in [0, 0.05) is 32.4 Å². The fourth-order valence-electron chi connectivity index (χ4n) is 3.88. The zero-order chi connectivity index (χ0) is 23.6. The van der Waals surface area contributed by atoms with Gasteiger partial charge < -0.3 is 4.74 Å². The van der Waals surface area contributed by atoms with E-state index in [-0.39, 0.29) is 16.4 Å². The third-order valence-corrected chi connectivity index (χ3v) is 8.33. The van der Waals surface area contributed by atoms with Gasteiger partial charge in [-0.2, -0.15) is 0 Å². The molecule has 1 amide bonds. The van der Waals surface area contributed by atoms with Crippen LogP contribution in [0.5, 0.6) is 0 Å². The number of carbonyl (C=O) groups is 1. The number of halogens is 1. The van der Waals surface area contributed by atoms with Crippen molar-refractivity contribution >= 4 is 54.0 Å². The Bertz CT molecular complexity index is 1230. The quantitative estimate of drug-likeness (QED) is 0.480. The van der Waals surface area contributed by atoms with Crippen LogP contribution in [0, 0.1) is 6.92 Å². The van der Waals surface area contributed by atoms with Crippen LogP contribution >= 0.6 is 22.9 Å². The summed E-state index contributed by atoms with van der Waals surface area (Å²) in [7, 11) is -3.58. The number of benzene rings is 2. The minimum atomic E-state index is -3.58. The van der Waals surface area contributed by atoms with E-state index in [2.05, 4.69) is 4.90 Å². The van der Waals surface area contributed by atoms with Crippen molar-refractivity contribution < 1.29 is 17.9 Å². The fraction of sp³-hybridized carbons (Fsp3) is 0.391. The van der Waals surface area contributed by atoms with E-state index >= 15 is 0 Å². The molecule has 0 atom stereocenters. The number of aromatic nitrogens is 1. The first-order chi connectivity index (χ1) is 15.8. The number of amides is 1. The molecule has 2 aromatic carbocycles. The maximum atomic E-state index is 13.7. The largest absolute Gasteiger partial charge is 0.379 e. The summed E-state index contributed by atoms with van der Waals surface area (Å²) in [4.78, 5) is 22.3. The number of nitrogens with zero attached hydrogens (tertiary/aromatic N) is 3. The second-order valence-electron chi connectivity index (χ2n) is 8.07. The van der Waals surface area contributed by atoms with E-state index in [9.17, 15) is 13.2 Å². The molecule has 1 aliphatic heterocycles. The van der Waals surface area contributed by atoms with E-state index < -0.39 is 9.84 Å². The Morgan fingerprint density at radius 3 is 2.64 bits per heavy atom. The van der Waals surface area contributed by atoms with E-state index in [1.54, 1.807) is 23.1 Å². The normalized spacial score (nSPS) is 15.1. The van der Waals surface area contributed by atoms with Gasteiger partial charge in [0.1, 0.15) is 0 Å². The second-order valence-corrected chi connectivity index (χ2v) is 11.4. The molecule has 0 radical (unpaired) electrons. The van der Waals surface area contributed by atoms with E-state index in [1.165, 1.54) is 17.4 Å². The molecule has 0 spiro atoms. The molecular formula is C23H26ClN3O4S2. The summed E-state index contributed by atoms with van der Waals surface area (Å²) in [6.45, 7) is 6.31. The van der Waals surface area contributed by atoms with E-state index in [4.69, 9.17) is 21.3 Å². The molecule has 0 N–H and O–H groups in total. The Morgan fingerprint density at radius 1 is 1.21 bits per heavy atom. The molecular weight excluding hydrogens is 482 g/mol. The summed E-state index contributed by atoms with van der Waals surface area (Å²) in [6, 6.07) is 10.0. The smallest absolute Gasteiger partial charge is 0.261 e. The SMILES string of the molecule is Cc1ccc(Cl)c2sc(N(CCCN3CCOCC3)C(=O)c3ccccc3S(C)(=O)=O)nc12. The lowest BCUT2D eigenvalue weighted by Gasteiger charge is -2.28. The summed E-state index contributed by atoms with van der Waals surface area (Å²) < 4.78 is 30.9. The summed E-state index contributed by atoms with van der Waals surface area (Å²) in [5.41, 5.74) is 1.87. The van der Waals surface area contributed by atoms with Crippen LogP contribution in [-0.2, 0) is 14.6 Å². The average Bonchev–Trinajstić information content (AvgIpc) is 3.25. The van der Waals surface area contributed by atoms with Crippen LogP contribution in [0.4, 0.5) is 5.13 Å². The number of carbonyl (C=O) groups excluding carboxylic acids is 1. The van der Waals surface area contributed by atoms with Crippen molar-refractivity contribution in [2.24, 2.45) is 0 Å². The molecule has 0 unspecified atom stereocenters. The van der Waals surface area contributed by atoms with Crippen molar-refractivity contribution in [1.29, 1.82) is 0 Å². The van der Waals surface area contributed by atoms with Crippen molar-refractivity contribution in [2.75, 3.05) is 50.5 Å². The van der Waals surface area contributed by atoms with Gasteiger partial charge in [0.15, 0.2) is 15.0 Å². The molecule has 1 fully saturated rings. The average molecular weight is 508 g/mol. The number of hydrogen-bond acceptors (Lipinski definition) is 7. The highest BCUT2D eigenvalue weighted by atomic mass is 35.5. The molecule has 1 aromatic heterocycles. The number of rotatable bonds is 7. The van der Waals surface area contributed by atoms with Crippen molar-refractivity contribution in [3.8, 4) is 0 Å². The van der Waals surface area contributed by atoms with Crippen molar-refractivity contribution in [3.63, 3.8) is 0 Å². The molecule has 0 aliphatic carbocycles. The monoisotopic (exact) mass is 507 g/mol. The molecule has 4 rings (SSSR count). The standard InChI is InChI=1S/C23H26ClN3O4S2/c1-16-8-9-18(24)21-20(16)25-23(32-21)27(11-5-10-26-12-14-31-15-13-26)22(28)17-6-3-4-7-19(17)33(2,29)30/h3-4,6-9H,5,10-15H2,1-2H3. The molecule has 176 valence electrons. The highest BCUT2D eigenvalue weighted by molar-refractivity contribution is 7.90. The van der Waals surface area contributed by atoms with E-state index in [1.807, 2.05) is 19.1 Å². The molecule has 1 aliphatic rings. The van der Waals surface area contributed by atoms with Crippen molar-refractivity contribution in [1.82, 2.24) is 9.88 Å². The number of aryl methyl sites for hydroxylation is 1. The first kappa shape index (κ1) is 24.1. The Hall–Kier alpha value is -2.04. The van der Waals surface area contributed by atoms with Crippen LogP contribution in [0.15, 0.2) is 41.3 Å². The first-order valence-corrected chi connectivity index (χ1v) is 13.8. The predicted octanol–water partition coefficient (Wildman–Crippen LogP) is 4.03. The Balaban J connectivity index is 1.69. The second kappa shape index (κ2) is 10.1. The minimum Gasteiger partial charge on any atom is -0.379 e. The Labute approximate surface area is 202 Å². The minimum absolute atomic E-state index is 0.0171. The number of ether oxygens (including phenoxy) is 1. The van der Waals surface area contributed by atoms with Gasteiger partial charge in [-0.15, -0.1) is 0 Å². The van der Waals surface area contributed by atoms with E-state index in [0.717, 1.165) is 48.1 Å². The third kappa shape index (κ3) is 5.38. The highest BCUT2D eigenvalue weighted by Crippen LogP contribution is 2.36. The molecule has 0 bridgehead atoms.